The summed E-state index contributed by atoms with van der Waals surface area (Å²) in [5.74, 6) is -1.20. The first-order valence-corrected chi connectivity index (χ1v) is 12.4. The van der Waals surface area contributed by atoms with Gasteiger partial charge < -0.3 is 24.6 Å². The van der Waals surface area contributed by atoms with E-state index in [1.54, 1.807) is 31.7 Å². The van der Waals surface area contributed by atoms with Gasteiger partial charge in [0.05, 0.1) is 31.0 Å². The molecule has 3 atom stereocenters. The van der Waals surface area contributed by atoms with Crippen LogP contribution in [0.1, 0.15) is 40.5 Å². The molecule has 0 aliphatic heterocycles. The number of nitrogens with one attached hydrogen (secondary N) is 1. The third-order valence-corrected chi connectivity index (χ3v) is 6.14. The summed E-state index contributed by atoms with van der Waals surface area (Å²) in [5, 5.41) is 2.20. The summed E-state index contributed by atoms with van der Waals surface area (Å²) in [5.41, 5.74) is 6.79. The number of carbonyl (C=O) groups excluding carboxylic acids is 2. The highest BCUT2D eigenvalue weighted by Gasteiger charge is 2.36. The van der Waals surface area contributed by atoms with Crippen molar-refractivity contribution in [3.63, 3.8) is 0 Å². The number of fused-ring (bicyclic) bond motifs is 1. The second kappa shape index (κ2) is 10.6. The van der Waals surface area contributed by atoms with Gasteiger partial charge in [0, 0.05) is 0 Å². The molecule has 2 heterocycles. The molecule has 33 heavy (non-hydrogen) atoms. The van der Waals surface area contributed by atoms with Crippen LogP contribution in [0.2, 0.25) is 0 Å². The lowest BCUT2D eigenvalue weighted by Crippen LogP contribution is -2.30. The van der Waals surface area contributed by atoms with E-state index in [0.717, 1.165) is 0 Å². The van der Waals surface area contributed by atoms with Crippen LogP contribution in [0, 0.1) is 5.92 Å². The first-order valence-electron chi connectivity index (χ1n) is 10.6. The summed E-state index contributed by atoms with van der Waals surface area (Å²) in [4.78, 5) is 41.2. The molecular formula is C19H29N6O7P. The van der Waals surface area contributed by atoms with Gasteiger partial charge in [-0.3, -0.25) is 13.9 Å². The Morgan fingerprint density at radius 1 is 1.24 bits per heavy atom. The Balaban J connectivity index is 1.63. The van der Waals surface area contributed by atoms with Crippen molar-refractivity contribution in [1.82, 2.24) is 24.8 Å². The van der Waals surface area contributed by atoms with Gasteiger partial charge in [-0.25, -0.2) is 19.7 Å². The van der Waals surface area contributed by atoms with Gasteiger partial charge in [-0.2, -0.15) is 0 Å². The van der Waals surface area contributed by atoms with Crippen LogP contribution in [0.25, 0.3) is 11.2 Å². The quantitative estimate of drug-likeness (QED) is 0.255. The molecule has 182 valence electrons. The zero-order valence-corrected chi connectivity index (χ0v) is 19.9. The topological polar surface area (TPSA) is 170 Å². The molecule has 1 saturated carbocycles. The number of anilines is 1. The summed E-state index contributed by atoms with van der Waals surface area (Å²) in [7, 11) is -3.92. The van der Waals surface area contributed by atoms with Crippen LogP contribution in [-0.4, -0.2) is 56.1 Å². The number of rotatable bonds is 12. The second-order valence-electron chi connectivity index (χ2n) is 8.13. The highest BCUT2D eigenvalue weighted by molar-refractivity contribution is 7.56. The Morgan fingerprint density at radius 3 is 2.64 bits per heavy atom. The van der Waals surface area contributed by atoms with Gasteiger partial charge in [0.1, 0.15) is 18.2 Å². The maximum absolute atomic E-state index is 13.3. The van der Waals surface area contributed by atoms with Crippen LogP contribution in [0.5, 0.6) is 0 Å². The van der Waals surface area contributed by atoms with Crippen molar-refractivity contribution in [2.24, 2.45) is 5.92 Å². The number of nitrogens with two attached hydrogens (primary N) is 1. The second-order valence-corrected chi connectivity index (χ2v) is 10.1. The lowest BCUT2D eigenvalue weighted by Gasteiger charge is -2.24. The molecule has 0 radical (unpaired) electrons. The van der Waals surface area contributed by atoms with Crippen LogP contribution < -0.4 is 11.0 Å². The molecule has 3 rings (SSSR count). The van der Waals surface area contributed by atoms with E-state index in [-0.39, 0.29) is 17.8 Å². The van der Waals surface area contributed by atoms with Crippen LogP contribution in [0.4, 0.5) is 5.82 Å². The van der Waals surface area contributed by atoms with E-state index in [9.17, 15) is 14.2 Å². The zero-order valence-electron chi connectivity index (χ0n) is 19.0. The fourth-order valence-electron chi connectivity index (χ4n) is 2.81. The van der Waals surface area contributed by atoms with Gasteiger partial charge in [-0.15, -0.1) is 0 Å². The molecule has 0 amide bonds. The van der Waals surface area contributed by atoms with Gasteiger partial charge >= 0.3 is 19.5 Å². The van der Waals surface area contributed by atoms with E-state index in [4.69, 9.17) is 24.6 Å². The minimum Gasteiger partial charge on any atom is -0.461 e. The molecule has 0 bridgehead atoms. The highest BCUT2D eigenvalue weighted by atomic mass is 31.2. The Kier molecular flexibility index (Phi) is 8.01. The predicted molar refractivity (Wildman–Crippen MR) is 116 cm³/mol. The number of carbonyl (C=O) groups is 2. The molecule has 0 saturated heterocycles. The number of ether oxygens (including phenoxy) is 2. The highest BCUT2D eigenvalue weighted by Crippen LogP contribution is 2.45. The van der Waals surface area contributed by atoms with E-state index in [1.165, 1.54) is 13.3 Å². The molecule has 1 unspecified atom stereocenters. The average molecular weight is 484 g/mol. The van der Waals surface area contributed by atoms with Gasteiger partial charge in [-0.1, -0.05) is 5.25 Å². The van der Waals surface area contributed by atoms with E-state index < -0.39 is 38.0 Å². The van der Waals surface area contributed by atoms with E-state index >= 15 is 0 Å². The summed E-state index contributed by atoms with van der Waals surface area (Å²) in [6.45, 7) is 6.81. The average Bonchev–Trinajstić information content (AvgIpc) is 3.52. The van der Waals surface area contributed by atoms with Crippen molar-refractivity contribution < 1.29 is 33.0 Å². The minimum atomic E-state index is -3.92. The van der Waals surface area contributed by atoms with Crippen molar-refractivity contribution in [1.29, 1.82) is 0 Å². The summed E-state index contributed by atoms with van der Waals surface area (Å²) in [6.07, 6.45) is 1.81. The van der Waals surface area contributed by atoms with E-state index in [1.807, 2.05) is 0 Å². The third kappa shape index (κ3) is 6.94. The lowest BCUT2D eigenvalue weighted by molar-refractivity contribution is -0.155. The molecule has 0 aromatic carbocycles. The van der Waals surface area contributed by atoms with E-state index in [0.29, 0.717) is 30.6 Å². The SMILES string of the molecule is CC(C)OC(=O)[C@H](C)OP(=O)(CO[C@H](C)Cn1cnc2c(N)ncnc21)NOC(=O)C1CC1. The normalized spacial score (nSPS) is 17.5. The summed E-state index contributed by atoms with van der Waals surface area (Å²) >= 11 is 0. The molecule has 1 aliphatic carbocycles. The number of hydrogen-bond acceptors (Lipinski definition) is 11. The fourth-order valence-corrected chi connectivity index (χ4v) is 4.24. The predicted octanol–water partition coefficient (Wildman–Crippen LogP) is 1.78. The first kappa shape index (κ1) is 25.0. The molecule has 1 fully saturated rings. The Labute approximate surface area is 190 Å². The number of nitrogens with zero attached hydrogens (tertiary/aromatic N) is 4. The summed E-state index contributed by atoms with van der Waals surface area (Å²) < 4.78 is 31.3. The number of hydrogen-bond donors (Lipinski definition) is 2. The number of aromatic nitrogens is 4. The maximum atomic E-state index is 13.3. The Hall–Kier alpha value is -2.60. The van der Waals surface area contributed by atoms with Crippen LogP contribution in [0.3, 0.4) is 0 Å². The van der Waals surface area contributed by atoms with Gasteiger partial charge in [0.15, 0.2) is 17.6 Å². The van der Waals surface area contributed by atoms with Crippen molar-refractivity contribution in [2.75, 3.05) is 12.1 Å². The molecular weight excluding hydrogens is 455 g/mol. The van der Waals surface area contributed by atoms with E-state index in [2.05, 4.69) is 20.2 Å². The Bertz CT molecular complexity index is 1040. The van der Waals surface area contributed by atoms with Gasteiger partial charge in [0.25, 0.3) is 0 Å². The molecule has 13 nitrogen and oxygen atoms in total. The summed E-state index contributed by atoms with van der Waals surface area (Å²) in [6, 6.07) is 0. The standard InChI is InChI=1S/C19H29N6O7P/c1-11(2)30-18(26)13(4)32-33(28,24-31-19(27)14-5-6-14)10-29-12(3)7-25-9-23-15-16(20)21-8-22-17(15)25/h8-9,11-14H,5-7,10H2,1-4H3,(H,24,28)(H2,20,21,22)/t12-,13+,33?/m1/s1. The number of nitrogen functional groups attached to an aromatic ring is 1. The van der Waals surface area contributed by atoms with Crippen molar-refractivity contribution in [3.8, 4) is 0 Å². The van der Waals surface area contributed by atoms with Crippen LogP contribution in [0.15, 0.2) is 12.7 Å². The molecule has 3 N–H and O–H groups in total. The van der Waals surface area contributed by atoms with Crippen molar-refractivity contribution in [3.05, 3.63) is 12.7 Å². The minimum absolute atomic E-state index is 0.224. The maximum Gasteiger partial charge on any atom is 0.335 e. The van der Waals surface area contributed by atoms with Crippen LogP contribution in [-0.2, 0) is 39.5 Å². The molecule has 1 aliphatic rings. The zero-order chi connectivity index (χ0) is 24.2. The molecule has 0 spiro atoms. The van der Waals surface area contributed by atoms with Crippen LogP contribution >= 0.6 is 7.52 Å². The van der Waals surface area contributed by atoms with Gasteiger partial charge in [-0.05, 0) is 40.5 Å². The van der Waals surface area contributed by atoms with Gasteiger partial charge in [0.2, 0.25) is 0 Å². The van der Waals surface area contributed by atoms with Crippen molar-refractivity contribution in [2.45, 2.75) is 65.4 Å². The Morgan fingerprint density at radius 2 is 1.97 bits per heavy atom. The smallest absolute Gasteiger partial charge is 0.335 e. The lowest BCUT2D eigenvalue weighted by atomic mass is 10.4. The molecule has 2 aromatic heterocycles. The number of esters is 1. The molecule has 2 aromatic rings. The third-order valence-electron chi connectivity index (χ3n) is 4.62. The number of imidazole rings is 1. The largest absolute Gasteiger partial charge is 0.461 e. The monoisotopic (exact) mass is 484 g/mol. The first-order chi connectivity index (χ1) is 15.6. The fraction of sp³-hybridized carbons (Fsp3) is 0.632. The van der Waals surface area contributed by atoms with Crippen molar-refractivity contribution >= 4 is 36.4 Å². The molecule has 14 heteroatoms.